The van der Waals surface area contributed by atoms with Gasteiger partial charge in [0.1, 0.15) is 0 Å². The van der Waals surface area contributed by atoms with E-state index in [-0.39, 0.29) is 4.90 Å². The molecule has 0 radical (unpaired) electrons. The number of hydrogen-bond acceptors (Lipinski definition) is 3. The molecule has 2 rings (SSSR count). The van der Waals surface area contributed by atoms with Gasteiger partial charge in [-0.2, -0.15) is 0 Å². The van der Waals surface area contributed by atoms with E-state index >= 15 is 0 Å². The smallest absolute Gasteiger partial charge is 0.238 e. The Hall–Kier alpha value is -1.07. The summed E-state index contributed by atoms with van der Waals surface area (Å²) in [6.07, 6.45) is 6.10. The summed E-state index contributed by atoms with van der Waals surface area (Å²) in [6.45, 7) is 2.21. The first kappa shape index (κ1) is 14.3. The lowest BCUT2D eigenvalue weighted by Gasteiger charge is -2.32. The predicted molar refractivity (Wildman–Crippen MR) is 77.5 cm³/mol. The summed E-state index contributed by atoms with van der Waals surface area (Å²) in [5.74, 6) is 0.673. The average molecular weight is 282 g/mol. The highest BCUT2D eigenvalue weighted by Crippen LogP contribution is 2.29. The van der Waals surface area contributed by atoms with Gasteiger partial charge in [-0.05, 0) is 37.0 Å². The molecule has 2 atom stereocenters. The van der Waals surface area contributed by atoms with Crippen molar-refractivity contribution >= 4 is 15.7 Å². The summed E-state index contributed by atoms with van der Waals surface area (Å²) in [5.41, 5.74) is 0.844. The summed E-state index contributed by atoms with van der Waals surface area (Å²) in [6, 6.07) is 7.21. The molecule has 1 aliphatic rings. The number of benzene rings is 1. The van der Waals surface area contributed by atoms with Crippen molar-refractivity contribution in [2.45, 2.75) is 50.0 Å². The minimum Gasteiger partial charge on any atom is -0.382 e. The van der Waals surface area contributed by atoms with Crippen LogP contribution in [0, 0.1) is 5.92 Å². The second-order valence-electron chi connectivity index (χ2n) is 5.28. The zero-order valence-corrected chi connectivity index (χ0v) is 12.1. The Morgan fingerprint density at radius 2 is 2.05 bits per heavy atom. The highest BCUT2D eigenvalue weighted by atomic mass is 32.2. The predicted octanol–water partition coefficient (Wildman–Crippen LogP) is 2.71. The molecule has 19 heavy (non-hydrogen) atoms. The van der Waals surface area contributed by atoms with Crippen LogP contribution >= 0.6 is 0 Å². The van der Waals surface area contributed by atoms with Crippen LogP contribution in [0.5, 0.6) is 0 Å². The van der Waals surface area contributed by atoms with Gasteiger partial charge in [0.25, 0.3) is 0 Å². The third-order valence-electron chi connectivity index (χ3n) is 3.95. The minimum absolute atomic E-state index is 0.168. The minimum atomic E-state index is -3.63. The van der Waals surface area contributed by atoms with Gasteiger partial charge in [0.2, 0.25) is 10.0 Å². The average Bonchev–Trinajstić information content (AvgIpc) is 2.39. The molecule has 0 spiro atoms. The van der Waals surface area contributed by atoms with Crippen molar-refractivity contribution in [1.82, 2.24) is 0 Å². The second-order valence-corrected chi connectivity index (χ2v) is 6.84. The zero-order valence-electron chi connectivity index (χ0n) is 11.3. The van der Waals surface area contributed by atoms with Gasteiger partial charge in [-0.3, -0.25) is 0 Å². The van der Waals surface area contributed by atoms with E-state index in [4.69, 9.17) is 5.14 Å². The lowest BCUT2D eigenvalue weighted by molar-refractivity contribution is 0.317. The van der Waals surface area contributed by atoms with E-state index < -0.39 is 10.0 Å². The van der Waals surface area contributed by atoms with Gasteiger partial charge in [0.05, 0.1) is 4.90 Å². The first-order valence-corrected chi connectivity index (χ1v) is 8.44. The van der Waals surface area contributed by atoms with Crippen molar-refractivity contribution in [3.8, 4) is 0 Å². The van der Waals surface area contributed by atoms with Crippen LogP contribution in [0.3, 0.4) is 0 Å². The standard InChI is InChI=1S/C14H22N2O2S/c1-2-11-6-3-4-9-14(11)16-12-7-5-8-13(10-12)19(15,17)18/h5,7-8,10-11,14,16H,2-4,6,9H2,1H3,(H2,15,17,18). The number of sulfonamides is 1. The van der Waals surface area contributed by atoms with E-state index in [1.807, 2.05) is 6.07 Å². The van der Waals surface area contributed by atoms with Gasteiger partial charge < -0.3 is 5.32 Å². The highest BCUT2D eigenvalue weighted by Gasteiger charge is 2.23. The lowest BCUT2D eigenvalue weighted by atomic mass is 9.83. The molecule has 2 unspecified atom stereocenters. The molecule has 1 aromatic carbocycles. The summed E-state index contributed by atoms with van der Waals surface area (Å²) < 4.78 is 22.7. The Morgan fingerprint density at radius 3 is 2.74 bits per heavy atom. The van der Waals surface area contributed by atoms with Crippen LogP contribution in [0.4, 0.5) is 5.69 Å². The summed E-state index contributed by atoms with van der Waals surface area (Å²) in [4.78, 5) is 0.168. The normalized spacial score (nSPS) is 24.1. The molecule has 5 heteroatoms. The van der Waals surface area contributed by atoms with Crippen LogP contribution < -0.4 is 10.5 Å². The Balaban J connectivity index is 2.14. The molecule has 0 saturated heterocycles. The fraction of sp³-hybridized carbons (Fsp3) is 0.571. The molecule has 0 aromatic heterocycles. The SMILES string of the molecule is CCC1CCCCC1Nc1cccc(S(N)(=O)=O)c1. The van der Waals surface area contributed by atoms with Crippen LogP contribution in [-0.2, 0) is 10.0 Å². The van der Waals surface area contributed by atoms with Crippen LogP contribution in [0.25, 0.3) is 0 Å². The third-order valence-corrected chi connectivity index (χ3v) is 4.86. The number of anilines is 1. The van der Waals surface area contributed by atoms with Crippen molar-refractivity contribution in [2.75, 3.05) is 5.32 Å². The summed E-state index contributed by atoms with van der Waals surface area (Å²) in [7, 11) is -3.63. The highest BCUT2D eigenvalue weighted by molar-refractivity contribution is 7.89. The Bertz CT molecular complexity index is 528. The molecule has 0 heterocycles. The molecule has 1 saturated carbocycles. The fourth-order valence-corrected chi connectivity index (χ4v) is 3.42. The Kier molecular flexibility index (Phi) is 4.47. The maximum absolute atomic E-state index is 11.3. The molecule has 1 fully saturated rings. The maximum atomic E-state index is 11.3. The van der Waals surface area contributed by atoms with Gasteiger partial charge in [0.15, 0.2) is 0 Å². The van der Waals surface area contributed by atoms with Gasteiger partial charge in [-0.15, -0.1) is 0 Å². The van der Waals surface area contributed by atoms with Gasteiger partial charge >= 0.3 is 0 Å². The van der Waals surface area contributed by atoms with E-state index in [1.54, 1.807) is 12.1 Å². The Labute approximate surface area is 115 Å². The Morgan fingerprint density at radius 1 is 1.32 bits per heavy atom. The van der Waals surface area contributed by atoms with E-state index in [9.17, 15) is 8.42 Å². The first-order chi connectivity index (χ1) is 9.00. The van der Waals surface area contributed by atoms with Crippen molar-refractivity contribution in [1.29, 1.82) is 0 Å². The molecule has 0 aliphatic heterocycles. The molecular formula is C14H22N2O2S. The molecule has 1 aromatic rings. The van der Waals surface area contributed by atoms with Crippen molar-refractivity contribution in [2.24, 2.45) is 11.1 Å². The zero-order chi connectivity index (χ0) is 13.9. The quantitative estimate of drug-likeness (QED) is 0.892. The number of nitrogens with one attached hydrogen (secondary N) is 1. The van der Waals surface area contributed by atoms with Gasteiger partial charge in [0, 0.05) is 11.7 Å². The fourth-order valence-electron chi connectivity index (χ4n) is 2.86. The molecule has 106 valence electrons. The molecule has 3 N–H and O–H groups in total. The van der Waals surface area contributed by atoms with Gasteiger partial charge in [-0.25, -0.2) is 13.6 Å². The van der Waals surface area contributed by atoms with Gasteiger partial charge in [-0.1, -0.05) is 32.3 Å². The lowest BCUT2D eigenvalue weighted by Crippen LogP contribution is -2.31. The van der Waals surface area contributed by atoms with E-state index in [0.717, 1.165) is 18.5 Å². The van der Waals surface area contributed by atoms with Crippen molar-refractivity contribution in [3.63, 3.8) is 0 Å². The van der Waals surface area contributed by atoms with E-state index in [1.165, 1.54) is 25.3 Å². The number of nitrogens with two attached hydrogens (primary N) is 1. The van der Waals surface area contributed by atoms with Crippen molar-refractivity contribution in [3.05, 3.63) is 24.3 Å². The maximum Gasteiger partial charge on any atom is 0.238 e. The second kappa shape index (κ2) is 5.92. The number of hydrogen-bond donors (Lipinski definition) is 2. The molecular weight excluding hydrogens is 260 g/mol. The van der Waals surface area contributed by atoms with Crippen LogP contribution in [0.1, 0.15) is 39.0 Å². The molecule has 0 bridgehead atoms. The topological polar surface area (TPSA) is 72.2 Å². The van der Waals surface area contributed by atoms with Crippen LogP contribution in [0.2, 0.25) is 0 Å². The third kappa shape index (κ3) is 3.70. The largest absolute Gasteiger partial charge is 0.382 e. The number of rotatable bonds is 4. The molecule has 1 aliphatic carbocycles. The number of primary sulfonamides is 1. The molecule has 4 nitrogen and oxygen atoms in total. The van der Waals surface area contributed by atoms with Crippen LogP contribution in [0.15, 0.2) is 29.2 Å². The first-order valence-electron chi connectivity index (χ1n) is 6.90. The monoisotopic (exact) mass is 282 g/mol. The van der Waals surface area contributed by atoms with E-state index in [2.05, 4.69) is 12.2 Å². The van der Waals surface area contributed by atoms with Crippen molar-refractivity contribution < 1.29 is 8.42 Å². The molecule has 0 amide bonds. The summed E-state index contributed by atoms with van der Waals surface area (Å²) >= 11 is 0. The summed E-state index contributed by atoms with van der Waals surface area (Å²) in [5, 5.41) is 8.63. The van der Waals surface area contributed by atoms with E-state index in [0.29, 0.717) is 12.0 Å². The van der Waals surface area contributed by atoms with Crippen LogP contribution in [-0.4, -0.2) is 14.5 Å².